The molecule has 29 heavy (non-hydrogen) atoms. The number of fused-ring (bicyclic) bond motifs is 1. The van der Waals surface area contributed by atoms with E-state index in [1.807, 2.05) is 0 Å². The number of hydrogen-bond acceptors (Lipinski definition) is 4. The second-order valence-corrected chi connectivity index (χ2v) is 7.83. The quantitative estimate of drug-likeness (QED) is 0.241. The Bertz CT molecular complexity index is 640. The molecular formula is C22H38IN5O. The van der Waals surface area contributed by atoms with Crippen molar-refractivity contribution < 1.29 is 4.74 Å². The summed E-state index contributed by atoms with van der Waals surface area (Å²) in [6.07, 6.45) is 4.43. The summed E-state index contributed by atoms with van der Waals surface area (Å²) >= 11 is 0. The van der Waals surface area contributed by atoms with Gasteiger partial charge in [-0.2, -0.15) is 0 Å². The van der Waals surface area contributed by atoms with Crippen LogP contribution in [0.15, 0.2) is 23.2 Å². The molecule has 2 aliphatic rings. The van der Waals surface area contributed by atoms with Gasteiger partial charge in [0.05, 0.1) is 6.61 Å². The first-order chi connectivity index (χ1) is 13.7. The first kappa shape index (κ1) is 24.2. The average Bonchev–Trinajstić information content (AvgIpc) is 3.06. The Kier molecular flexibility index (Phi) is 11.1. The third-order valence-corrected chi connectivity index (χ3v) is 5.52. The normalized spacial score (nSPS) is 17.8. The Morgan fingerprint density at radius 1 is 1.17 bits per heavy atom. The molecule has 0 aromatic heterocycles. The molecule has 0 amide bonds. The van der Waals surface area contributed by atoms with Gasteiger partial charge in [0.15, 0.2) is 5.96 Å². The van der Waals surface area contributed by atoms with E-state index in [0.717, 1.165) is 63.8 Å². The number of likely N-dealkylation sites (N-methyl/N-ethyl adjacent to an activating group) is 1. The number of aliphatic imine (C=N–C) groups is 1. The summed E-state index contributed by atoms with van der Waals surface area (Å²) in [4.78, 5) is 9.77. The zero-order valence-electron chi connectivity index (χ0n) is 18.1. The van der Waals surface area contributed by atoms with Crippen LogP contribution in [0.2, 0.25) is 0 Å². The Balaban J connectivity index is 0.00000300. The van der Waals surface area contributed by atoms with Crippen LogP contribution in [-0.4, -0.2) is 81.8 Å². The van der Waals surface area contributed by atoms with Gasteiger partial charge in [-0.3, -0.25) is 4.99 Å². The van der Waals surface area contributed by atoms with Gasteiger partial charge in [0, 0.05) is 39.1 Å². The SMILES string of the molecule is CCNC(=NCCCN1CCCN(C)CC1)NCCc1ccc2c(c1)CCO2.I. The maximum Gasteiger partial charge on any atom is 0.191 e. The van der Waals surface area contributed by atoms with Crippen LogP contribution in [0.3, 0.4) is 0 Å². The second-order valence-electron chi connectivity index (χ2n) is 7.83. The van der Waals surface area contributed by atoms with Gasteiger partial charge in [-0.1, -0.05) is 12.1 Å². The molecular weight excluding hydrogens is 477 g/mol. The van der Waals surface area contributed by atoms with Crippen LogP contribution in [0, 0.1) is 0 Å². The molecule has 2 heterocycles. The summed E-state index contributed by atoms with van der Waals surface area (Å²) in [7, 11) is 2.22. The minimum atomic E-state index is 0. The van der Waals surface area contributed by atoms with Crippen molar-refractivity contribution in [2.24, 2.45) is 4.99 Å². The minimum absolute atomic E-state index is 0. The van der Waals surface area contributed by atoms with E-state index in [1.165, 1.54) is 43.7 Å². The predicted molar refractivity (Wildman–Crippen MR) is 132 cm³/mol. The number of hydrogen-bond donors (Lipinski definition) is 2. The highest BCUT2D eigenvalue weighted by atomic mass is 127. The lowest BCUT2D eigenvalue weighted by Gasteiger charge is -2.19. The summed E-state index contributed by atoms with van der Waals surface area (Å²) in [6.45, 7) is 11.6. The maximum absolute atomic E-state index is 5.59. The van der Waals surface area contributed by atoms with Gasteiger partial charge < -0.3 is 25.2 Å². The molecule has 0 atom stereocenters. The smallest absolute Gasteiger partial charge is 0.191 e. The van der Waals surface area contributed by atoms with Gasteiger partial charge in [0.25, 0.3) is 0 Å². The number of nitrogens with one attached hydrogen (secondary N) is 2. The van der Waals surface area contributed by atoms with E-state index in [0.29, 0.717) is 0 Å². The third-order valence-electron chi connectivity index (χ3n) is 5.52. The first-order valence-electron chi connectivity index (χ1n) is 10.9. The van der Waals surface area contributed by atoms with Gasteiger partial charge >= 0.3 is 0 Å². The highest BCUT2D eigenvalue weighted by Crippen LogP contribution is 2.25. The lowest BCUT2D eigenvalue weighted by Crippen LogP contribution is -2.38. The predicted octanol–water partition coefficient (Wildman–Crippen LogP) is 2.36. The second kappa shape index (κ2) is 13.3. The van der Waals surface area contributed by atoms with Gasteiger partial charge in [0.2, 0.25) is 0 Å². The molecule has 1 saturated heterocycles. The summed E-state index contributed by atoms with van der Waals surface area (Å²) in [6, 6.07) is 6.57. The number of nitrogens with zero attached hydrogens (tertiary/aromatic N) is 3. The van der Waals surface area contributed by atoms with Gasteiger partial charge in [-0.15, -0.1) is 24.0 Å². The summed E-state index contributed by atoms with van der Waals surface area (Å²) in [5.41, 5.74) is 2.71. The minimum Gasteiger partial charge on any atom is -0.493 e. The molecule has 0 bridgehead atoms. The van der Waals surface area contributed by atoms with Gasteiger partial charge in [-0.05, 0) is 70.1 Å². The average molecular weight is 515 g/mol. The lowest BCUT2D eigenvalue weighted by molar-refractivity contribution is 0.275. The van der Waals surface area contributed by atoms with Gasteiger partial charge in [-0.25, -0.2) is 0 Å². The Morgan fingerprint density at radius 2 is 2.07 bits per heavy atom. The van der Waals surface area contributed by atoms with Crippen molar-refractivity contribution in [2.45, 2.75) is 32.6 Å². The van der Waals surface area contributed by atoms with Crippen LogP contribution in [0.25, 0.3) is 0 Å². The molecule has 1 fully saturated rings. The highest BCUT2D eigenvalue weighted by Gasteiger charge is 2.12. The molecule has 0 saturated carbocycles. The van der Waals surface area contributed by atoms with Crippen molar-refractivity contribution in [1.82, 2.24) is 20.4 Å². The van der Waals surface area contributed by atoms with E-state index in [2.05, 4.69) is 52.6 Å². The molecule has 2 aliphatic heterocycles. The van der Waals surface area contributed by atoms with E-state index < -0.39 is 0 Å². The monoisotopic (exact) mass is 515 g/mol. The van der Waals surface area contributed by atoms with Gasteiger partial charge in [0.1, 0.15) is 5.75 Å². The lowest BCUT2D eigenvalue weighted by atomic mass is 10.1. The van der Waals surface area contributed by atoms with Crippen molar-refractivity contribution in [3.05, 3.63) is 29.3 Å². The van der Waals surface area contributed by atoms with Crippen LogP contribution in [0.4, 0.5) is 0 Å². The molecule has 0 radical (unpaired) electrons. The molecule has 1 aromatic rings. The summed E-state index contributed by atoms with van der Waals surface area (Å²) in [5, 5.41) is 6.84. The molecule has 0 aliphatic carbocycles. The molecule has 7 heteroatoms. The fourth-order valence-corrected chi connectivity index (χ4v) is 3.87. The fraction of sp³-hybridized carbons (Fsp3) is 0.682. The first-order valence-corrected chi connectivity index (χ1v) is 10.9. The van der Waals surface area contributed by atoms with Crippen molar-refractivity contribution in [2.75, 3.05) is 66.0 Å². The Labute approximate surface area is 193 Å². The molecule has 3 rings (SSSR count). The van der Waals surface area contributed by atoms with Crippen LogP contribution in [-0.2, 0) is 12.8 Å². The Morgan fingerprint density at radius 3 is 2.93 bits per heavy atom. The van der Waals surface area contributed by atoms with Crippen molar-refractivity contribution >= 4 is 29.9 Å². The zero-order valence-corrected chi connectivity index (χ0v) is 20.4. The maximum atomic E-state index is 5.59. The number of halogens is 1. The number of ether oxygens (including phenoxy) is 1. The van der Waals surface area contributed by atoms with Crippen LogP contribution >= 0.6 is 24.0 Å². The molecule has 6 nitrogen and oxygen atoms in total. The fourth-order valence-electron chi connectivity index (χ4n) is 3.87. The van der Waals surface area contributed by atoms with E-state index in [4.69, 9.17) is 9.73 Å². The Hall–Kier alpha value is -1.06. The van der Waals surface area contributed by atoms with E-state index in [1.54, 1.807) is 0 Å². The van der Waals surface area contributed by atoms with Crippen LogP contribution in [0.1, 0.15) is 30.9 Å². The van der Waals surface area contributed by atoms with Crippen molar-refractivity contribution in [3.63, 3.8) is 0 Å². The summed E-state index contributed by atoms with van der Waals surface area (Å²) < 4.78 is 5.59. The third kappa shape index (κ3) is 8.30. The summed E-state index contributed by atoms with van der Waals surface area (Å²) in [5.74, 6) is 1.99. The van der Waals surface area contributed by atoms with E-state index in [-0.39, 0.29) is 24.0 Å². The molecule has 1 aromatic carbocycles. The highest BCUT2D eigenvalue weighted by molar-refractivity contribution is 14.0. The van der Waals surface area contributed by atoms with E-state index >= 15 is 0 Å². The number of guanidine groups is 1. The molecule has 0 spiro atoms. The van der Waals surface area contributed by atoms with Crippen LogP contribution < -0.4 is 15.4 Å². The van der Waals surface area contributed by atoms with E-state index in [9.17, 15) is 0 Å². The number of benzene rings is 1. The molecule has 164 valence electrons. The number of rotatable bonds is 8. The largest absolute Gasteiger partial charge is 0.493 e. The van der Waals surface area contributed by atoms with Crippen molar-refractivity contribution in [3.8, 4) is 5.75 Å². The van der Waals surface area contributed by atoms with Crippen molar-refractivity contribution in [1.29, 1.82) is 0 Å². The standard InChI is InChI=1S/C22H37N5O.HI/c1-3-23-22(24-10-4-13-27-14-5-12-26(2)15-16-27)25-11-8-19-6-7-21-20(18-19)9-17-28-21;/h6-7,18H,3-5,8-17H2,1-2H3,(H2,23,24,25);1H. The molecule has 0 unspecified atom stereocenters. The van der Waals surface area contributed by atoms with Crippen LogP contribution in [0.5, 0.6) is 5.75 Å². The molecule has 2 N–H and O–H groups in total. The zero-order chi connectivity index (χ0) is 19.6. The topological polar surface area (TPSA) is 52.1 Å².